The fourth-order valence-electron chi connectivity index (χ4n) is 2.01. The minimum Gasteiger partial charge on any atom is -0.494 e. The van der Waals surface area contributed by atoms with Gasteiger partial charge in [-0.05, 0) is 5.46 Å². The fraction of sp³-hybridized carbons (Fsp3) is 0.143. The molecule has 0 heterocycles. The van der Waals surface area contributed by atoms with Gasteiger partial charge in [0.2, 0.25) is 18.9 Å². The Balaban J connectivity index is 2.70. The SMILES string of the molecule is COc1c(F)c(F)c([B]c2c(F)c(F)cc(F)c2OC)c(F)c1F. The van der Waals surface area contributed by atoms with Gasteiger partial charge >= 0.3 is 0 Å². The number of methoxy groups -OCH3 is 2. The Hall–Kier alpha value is -2.39. The molecule has 0 aliphatic heterocycles. The summed E-state index contributed by atoms with van der Waals surface area (Å²) in [5.41, 5.74) is -2.45. The van der Waals surface area contributed by atoms with Gasteiger partial charge in [0.25, 0.3) is 0 Å². The third-order valence-electron chi connectivity index (χ3n) is 3.12. The topological polar surface area (TPSA) is 18.5 Å². The molecule has 0 aliphatic rings. The summed E-state index contributed by atoms with van der Waals surface area (Å²) in [7, 11) is 1.85. The van der Waals surface area contributed by atoms with E-state index in [0.717, 1.165) is 14.2 Å². The lowest BCUT2D eigenvalue weighted by atomic mass is 9.62. The highest BCUT2D eigenvalue weighted by Crippen LogP contribution is 2.25. The molecule has 0 amide bonds. The fourth-order valence-corrected chi connectivity index (χ4v) is 2.01. The van der Waals surface area contributed by atoms with Crippen LogP contribution >= 0.6 is 0 Å². The molecular weight excluding hydrogens is 344 g/mol. The summed E-state index contributed by atoms with van der Waals surface area (Å²) in [6.45, 7) is 0. The smallest absolute Gasteiger partial charge is 0.208 e. The number of hydrogen-bond acceptors (Lipinski definition) is 2. The van der Waals surface area contributed by atoms with Crippen LogP contribution in [0, 0.1) is 40.7 Å². The van der Waals surface area contributed by atoms with Crippen LogP contribution in [0.5, 0.6) is 11.5 Å². The van der Waals surface area contributed by atoms with E-state index in [1.807, 2.05) is 0 Å². The zero-order valence-electron chi connectivity index (χ0n) is 12.1. The van der Waals surface area contributed by atoms with Crippen molar-refractivity contribution in [3.63, 3.8) is 0 Å². The average molecular weight is 351 g/mol. The van der Waals surface area contributed by atoms with Gasteiger partial charge in [-0.15, -0.1) is 0 Å². The third-order valence-corrected chi connectivity index (χ3v) is 3.12. The standard InChI is InChI=1S/C14H7BF7O2/c1-23-13-5(17)3-4(16)8(18)7(13)15-6-9(19)11(21)14(24-2)12(22)10(6)20/h3H,1-2H3. The maximum Gasteiger partial charge on any atom is 0.208 e. The second-order valence-electron chi connectivity index (χ2n) is 4.45. The van der Waals surface area contributed by atoms with Crippen molar-refractivity contribution in [2.24, 2.45) is 0 Å². The van der Waals surface area contributed by atoms with Crippen LogP contribution in [0.25, 0.3) is 0 Å². The summed E-state index contributed by atoms with van der Waals surface area (Å²) in [6.07, 6.45) is 0. The molecule has 0 bridgehead atoms. The third kappa shape index (κ3) is 2.76. The lowest BCUT2D eigenvalue weighted by Crippen LogP contribution is -2.37. The first-order valence-corrected chi connectivity index (χ1v) is 6.20. The van der Waals surface area contributed by atoms with Crippen molar-refractivity contribution in [1.82, 2.24) is 0 Å². The van der Waals surface area contributed by atoms with E-state index < -0.39 is 63.1 Å². The minimum atomic E-state index is -1.93. The largest absolute Gasteiger partial charge is 0.494 e. The highest BCUT2D eigenvalue weighted by atomic mass is 19.2. The Morgan fingerprint density at radius 1 is 0.625 bits per heavy atom. The summed E-state index contributed by atoms with van der Waals surface area (Å²) in [5.74, 6) is -14.7. The molecule has 0 saturated heterocycles. The number of hydrogen-bond donors (Lipinski definition) is 0. The van der Waals surface area contributed by atoms with Crippen molar-refractivity contribution in [3.8, 4) is 11.5 Å². The highest BCUT2D eigenvalue weighted by Gasteiger charge is 2.29. The molecule has 0 N–H and O–H groups in total. The molecule has 0 unspecified atom stereocenters. The lowest BCUT2D eigenvalue weighted by molar-refractivity contribution is 0.335. The van der Waals surface area contributed by atoms with E-state index in [4.69, 9.17) is 0 Å². The van der Waals surface area contributed by atoms with Gasteiger partial charge in [0, 0.05) is 11.5 Å². The second-order valence-corrected chi connectivity index (χ2v) is 4.45. The molecule has 24 heavy (non-hydrogen) atoms. The van der Waals surface area contributed by atoms with Crippen LogP contribution in [0.3, 0.4) is 0 Å². The van der Waals surface area contributed by atoms with E-state index in [9.17, 15) is 30.7 Å². The first kappa shape index (κ1) is 18.0. The molecule has 2 rings (SSSR count). The molecule has 0 saturated carbocycles. The Labute approximate surface area is 132 Å². The second kappa shape index (κ2) is 6.62. The normalized spacial score (nSPS) is 10.7. The molecule has 0 aromatic heterocycles. The van der Waals surface area contributed by atoms with Crippen LogP contribution < -0.4 is 20.4 Å². The molecule has 2 aromatic rings. The summed E-state index contributed by atoms with van der Waals surface area (Å²) < 4.78 is 104. The van der Waals surface area contributed by atoms with Crippen LogP contribution in [-0.2, 0) is 0 Å². The van der Waals surface area contributed by atoms with E-state index in [1.165, 1.54) is 0 Å². The number of rotatable bonds is 4. The quantitative estimate of drug-likeness (QED) is 0.478. The molecule has 2 nitrogen and oxygen atoms in total. The van der Waals surface area contributed by atoms with Gasteiger partial charge in [0.15, 0.2) is 40.6 Å². The molecule has 1 radical (unpaired) electrons. The van der Waals surface area contributed by atoms with Crippen molar-refractivity contribution in [3.05, 3.63) is 46.8 Å². The summed E-state index contributed by atoms with van der Waals surface area (Å²) >= 11 is 0. The van der Waals surface area contributed by atoms with E-state index in [-0.39, 0.29) is 13.3 Å². The molecule has 0 aliphatic carbocycles. The molecule has 2 aromatic carbocycles. The van der Waals surface area contributed by atoms with Gasteiger partial charge in [0.1, 0.15) is 0 Å². The van der Waals surface area contributed by atoms with Crippen LogP contribution in [0.15, 0.2) is 6.07 Å². The zero-order valence-corrected chi connectivity index (χ0v) is 12.1. The van der Waals surface area contributed by atoms with Crippen LogP contribution in [0.1, 0.15) is 0 Å². The highest BCUT2D eigenvalue weighted by molar-refractivity contribution is 6.68. The lowest BCUT2D eigenvalue weighted by Gasteiger charge is -2.14. The predicted octanol–water partition coefficient (Wildman–Crippen LogP) is 2.33. The molecular formula is C14H7BF7O2. The number of ether oxygens (including phenoxy) is 2. The van der Waals surface area contributed by atoms with Crippen LogP contribution in [0.4, 0.5) is 30.7 Å². The average Bonchev–Trinajstić information content (AvgIpc) is 2.54. The van der Waals surface area contributed by atoms with Crippen LogP contribution in [0.2, 0.25) is 0 Å². The van der Waals surface area contributed by atoms with Crippen LogP contribution in [-0.4, -0.2) is 21.5 Å². The predicted molar refractivity (Wildman–Crippen MR) is 70.7 cm³/mol. The Morgan fingerprint density at radius 2 is 1.12 bits per heavy atom. The van der Waals surface area contributed by atoms with Gasteiger partial charge in [-0.2, -0.15) is 8.78 Å². The van der Waals surface area contributed by atoms with Gasteiger partial charge < -0.3 is 9.47 Å². The summed E-state index contributed by atoms with van der Waals surface area (Å²) in [5, 5.41) is 0. The monoisotopic (exact) mass is 351 g/mol. The van der Waals surface area contributed by atoms with Gasteiger partial charge in [-0.1, -0.05) is 0 Å². The maximum atomic E-state index is 13.9. The molecule has 0 spiro atoms. The van der Waals surface area contributed by atoms with Crippen molar-refractivity contribution < 1.29 is 40.2 Å². The Morgan fingerprint density at radius 3 is 1.58 bits per heavy atom. The van der Waals surface area contributed by atoms with Crippen molar-refractivity contribution in [2.75, 3.05) is 14.2 Å². The Kier molecular flexibility index (Phi) is 4.95. The summed E-state index contributed by atoms with van der Waals surface area (Å²) in [4.78, 5) is 0. The molecule has 0 atom stereocenters. The zero-order chi connectivity index (χ0) is 18.2. The van der Waals surface area contributed by atoms with Crippen molar-refractivity contribution in [2.45, 2.75) is 0 Å². The number of halogens is 7. The summed E-state index contributed by atoms with van der Waals surface area (Å²) in [6, 6.07) is 0.146. The number of benzene rings is 2. The van der Waals surface area contributed by atoms with E-state index >= 15 is 0 Å². The molecule has 127 valence electrons. The van der Waals surface area contributed by atoms with Gasteiger partial charge in [0.05, 0.1) is 14.2 Å². The Bertz CT molecular complexity index is 782. The molecule has 10 heteroatoms. The minimum absolute atomic E-state index is 0.146. The van der Waals surface area contributed by atoms with E-state index in [2.05, 4.69) is 9.47 Å². The molecule has 0 fully saturated rings. The van der Waals surface area contributed by atoms with Gasteiger partial charge in [-0.25, -0.2) is 22.0 Å². The van der Waals surface area contributed by atoms with Gasteiger partial charge in [-0.3, -0.25) is 0 Å². The van der Waals surface area contributed by atoms with Crippen molar-refractivity contribution >= 4 is 18.2 Å². The van der Waals surface area contributed by atoms with E-state index in [0.29, 0.717) is 0 Å². The first-order valence-electron chi connectivity index (χ1n) is 6.20. The first-order chi connectivity index (χ1) is 11.2. The maximum absolute atomic E-state index is 13.9. The van der Waals surface area contributed by atoms with E-state index in [1.54, 1.807) is 0 Å². The van der Waals surface area contributed by atoms with Crippen molar-refractivity contribution in [1.29, 1.82) is 0 Å².